The number of hydrogen-bond donors (Lipinski definition) is 1. The number of benzene rings is 1. The van der Waals surface area contributed by atoms with Crippen LogP contribution in [0.25, 0.3) is 0 Å². The number of methoxy groups -OCH3 is 1. The minimum Gasteiger partial charge on any atom is -0.467 e. The first-order valence-electron chi connectivity index (χ1n) is 10.5. The molecule has 1 aromatic rings. The second kappa shape index (κ2) is 6.59. The van der Waals surface area contributed by atoms with Crippen molar-refractivity contribution in [1.29, 1.82) is 0 Å². The van der Waals surface area contributed by atoms with Crippen molar-refractivity contribution in [2.45, 2.75) is 44.4 Å². The number of esters is 1. The van der Waals surface area contributed by atoms with Crippen molar-refractivity contribution in [2.75, 3.05) is 13.7 Å². The predicted octanol–water partition coefficient (Wildman–Crippen LogP) is 2.27. The molecule has 2 amide bonds. The van der Waals surface area contributed by atoms with E-state index in [1.54, 1.807) is 17.0 Å². The van der Waals surface area contributed by atoms with E-state index in [1.165, 1.54) is 7.11 Å². The Kier molecular flexibility index (Phi) is 4.21. The summed E-state index contributed by atoms with van der Waals surface area (Å²) in [5.41, 5.74) is -0.555. The van der Waals surface area contributed by atoms with Gasteiger partial charge in [0, 0.05) is 24.8 Å². The van der Waals surface area contributed by atoms with Crippen molar-refractivity contribution in [3.05, 3.63) is 42.0 Å². The fraction of sp³-hybridized carbons (Fsp3) is 0.522. The first-order chi connectivity index (χ1) is 14.4. The first-order valence-corrected chi connectivity index (χ1v) is 10.5. The van der Waals surface area contributed by atoms with Gasteiger partial charge in [-0.25, -0.2) is 4.79 Å². The van der Waals surface area contributed by atoms with Crippen LogP contribution in [0.1, 0.15) is 43.0 Å². The Bertz CT molecular complexity index is 959. The molecule has 5 aliphatic rings. The fourth-order valence-electron chi connectivity index (χ4n) is 5.91. The third kappa shape index (κ3) is 2.67. The van der Waals surface area contributed by atoms with Crippen LogP contribution in [0.5, 0.6) is 5.75 Å². The zero-order valence-electron chi connectivity index (χ0n) is 17.2. The van der Waals surface area contributed by atoms with Crippen molar-refractivity contribution >= 4 is 17.8 Å². The molecular weight excluding hydrogens is 384 g/mol. The lowest BCUT2D eigenvalue weighted by Crippen LogP contribution is -2.69. The lowest BCUT2D eigenvalue weighted by molar-refractivity contribution is -0.176. The van der Waals surface area contributed by atoms with E-state index in [0.717, 1.165) is 12.8 Å². The molecule has 0 unspecified atom stereocenters. The van der Waals surface area contributed by atoms with Crippen molar-refractivity contribution in [1.82, 2.24) is 10.2 Å². The van der Waals surface area contributed by atoms with Gasteiger partial charge in [-0.3, -0.25) is 9.59 Å². The van der Waals surface area contributed by atoms with Gasteiger partial charge < -0.3 is 19.7 Å². The van der Waals surface area contributed by atoms with Gasteiger partial charge in [-0.2, -0.15) is 0 Å². The van der Waals surface area contributed by atoms with E-state index in [4.69, 9.17) is 9.47 Å². The van der Waals surface area contributed by atoms with Crippen LogP contribution in [0.2, 0.25) is 0 Å². The Morgan fingerprint density at radius 3 is 2.87 bits per heavy atom. The van der Waals surface area contributed by atoms with Gasteiger partial charge in [0.1, 0.15) is 11.8 Å². The van der Waals surface area contributed by atoms with Gasteiger partial charge in [-0.15, -0.1) is 0 Å². The van der Waals surface area contributed by atoms with E-state index in [0.29, 0.717) is 30.7 Å². The third-order valence-electron chi connectivity index (χ3n) is 7.48. The summed E-state index contributed by atoms with van der Waals surface area (Å²) < 4.78 is 11.3. The zero-order chi connectivity index (χ0) is 21.1. The van der Waals surface area contributed by atoms with Gasteiger partial charge >= 0.3 is 5.97 Å². The molecule has 0 saturated heterocycles. The van der Waals surface area contributed by atoms with Gasteiger partial charge in [0.2, 0.25) is 5.91 Å². The standard InChI is InChI=1S/C23H26N2O5/c1-22-10-9-14(12-16(22)20(27)25-11-5-7-17(25)21(28)29-2)23(13-22)24-19(26)15-6-3-4-8-18(15)30-23/h3-8,14,16-17H,9-13H2,1-2H3,(H,24,26)/t14-,16+,17+,22-,23-/m0/s1. The molecule has 6 rings (SSSR count). The van der Waals surface area contributed by atoms with Crippen molar-refractivity contribution in [2.24, 2.45) is 17.3 Å². The number of para-hydroxylation sites is 1. The number of rotatable bonds is 2. The SMILES string of the molecule is COC(=O)[C@H]1C=CCN1C(=O)[C@H]1C[C@@H]2CC[C@@]1(C)C[C@@]21NC(=O)c2ccccc2O1. The number of ether oxygens (including phenoxy) is 2. The predicted molar refractivity (Wildman–Crippen MR) is 107 cm³/mol. The molecule has 1 aromatic carbocycles. The molecule has 1 N–H and O–H groups in total. The van der Waals surface area contributed by atoms with Crippen molar-refractivity contribution < 1.29 is 23.9 Å². The zero-order valence-corrected chi connectivity index (χ0v) is 17.2. The van der Waals surface area contributed by atoms with E-state index in [9.17, 15) is 14.4 Å². The number of hydrogen-bond acceptors (Lipinski definition) is 5. The maximum Gasteiger partial charge on any atom is 0.332 e. The number of carbonyl (C=O) groups excluding carboxylic acids is 3. The number of nitrogens with one attached hydrogen (secondary N) is 1. The number of fused-ring (bicyclic) bond motifs is 3. The van der Waals surface area contributed by atoms with Crippen LogP contribution in [0.15, 0.2) is 36.4 Å². The monoisotopic (exact) mass is 410 g/mol. The minimum absolute atomic E-state index is 0.0139. The molecule has 30 heavy (non-hydrogen) atoms. The molecule has 7 nitrogen and oxygen atoms in total. The number of nitrogens with zero attached hydrogens (tertiary/aromatic N) is 1. The Balaban J connectivity index is 1.41. The van der Waals surface area contributed by atoms with Gasteiger partial charge in [0.05, 0.1) is 12.7 Å². The Hall–Kier alpha value is -2.83. The highest BCUT2D eigenvalue weighted by molar-refractivity contribution is 5.98. The average Bonchev–Trinajstić information content (AvgIpc) is 3.22. The Morgan fingerprint density at radius 2 is 2.10 bits per heavy atom. The highest BCUT2D eigenvalue weighted by Gasteiger charge is 2.62. The molecule has 3 saturated carbocycles. The molecule has 5 atom stereocenters. The van der Waals surface area contributed by atoms with Gasteiger partial charge in [-0.05, 0) is 36.8 Å². The Morgan fingerprint density at radius 1 is 1.30 bits per heavy atom. The van der Waals surface area contributed by atoms with E-state index >= 15 is 0 Å². The fourth-order valence-corrected chi connectivity index (χ4v) is 5.91. The van der Waals surface area contributed by atoms with Crippen molar-refractivity contribution in [3.63, 3.8) is 0 Å². The molecule has 2 heterocycles. The van der Waals surface area contributed by atoms with Crippen LogP contribution < -0.4 is 10.1 Å². The van der Waals surface area contributed by atoms with E-state index < -0.39 is 17.7 Å². The third-order valence-corrected chi connectivity index (χ3v) is 7.48. The molecule has 1 spiro atoms. The maximum atomic E-state index is 13.5. The molecule has 3 aliphatic carbocycles. The average molecular weight is 410 g/mol. The smallest absolute Gasteiger partial charge is 0.332 e. The summed E-state index contributed by atoms with van der Waals surface area (Å²) in [7, 11) is 1.34. The van der Waals surface area contributed by atoms with Gasteiger partial charge in [-0.1, -0.05) is 31.2 Å². The normalized spacial score (nSPS) is 36.3. The largest absolute Gasteiger partial charge is 0.467 e. The lowest BCUT2D eigenvalue weighted by atomic mass is 9.52. The number of carbonyl (C=O) groups is 3. The summed E-state index contributed by atoms with van der Waals surface area (Å²) in [4.78, 5) is 40.0. The van der Waals surface area contributed by atoms with Crippen LogP contribution in [0.3, 0.4) is 0 Å². The summed E-state index contributed by atoms with van der Waals surface area (Å²) in [5, 5.41) is 3.14. The van der Waals surface area contributed by atoms with Crippen LogP contribution in [0.4, 0.5) is 0 Å². The summed E-state index contributed by atoms with van der Waals surface area (Å²) in [6.07, 6.45) is 6.55. The molecule has 0 radical (unpaired) electrons. The highest BCUT2D eigenvalue weighted by atomic mass is 16.5. The van der Waals surface area contributed by atoms with E-state index in [2.05, 4.69) is 12.2 Å². The topological polar surface area (TPSA) is 84.9 Å². The van der Waals surface area contributed by atoms with Gasteiger partial charge in [0.25, 0.3) is 5.91 Å². The molecule has 7 heteroatoms. The second-order valence-electron chi connectivity index (χ2n) is 9.18. The summed E-state index contributed by atoms with van der Waals surface area (Å²) in [6, 6.07) is 6.64. The van der Waals surface area contributed by atoms with E-state index in [1.807, 2.05) is 24.3 Å². The molecule has 0 aromatic heterocycles. The van der Waals surface area contributed by atoms with E-state index in [-0.39, 0.29) is 29.1 Å². The van der Waals surface area contributed by atoms with Crippen LogP contribution in [0, 0.1) is 17.3 Å². The van der Waals surface area contributed by atoms with Crippen LogP contribution >= 0.6 is 0 Å². The second-order valence-corrected chi connectivity index (χ2v) is 9.18. The van der Waals surface area contributed by atoms with Gasteiger partial charge in [0.15, 0.2) is 5.72 Å². The highest BCUT2D eigenvalue weighted by Crippen LogP contribution is 2.59. The quantitative estimate of drug-likeness (QED) is 0.597. The minimum atomic E-state index is -0.778. The Labute approximate surface area is 175 Å². The summed E-state index contributed by atoms with van der Waals surface area (Å²) in [5.74, 6) is -0.122. The maximum absolute atomic E-state index is 13.5. The molecule has 2 aliphatic heterocycles. The van der Waals surface area contributed by atoms with Crippen LogP contribution in [-0.4, -0.2) is 48.1 Å². The molecule has 158 valence electrons. The lowest BCUT2D eigenvalue weighted by Gasteiger charge is -2.60. The summed E-state index contributed by atoms with van der Waals surface area (Å²) in [6.45, 7) is 2.53. The molecule has 2 bridgehead atoms. The summed E-state index contributed by atoms with van der Waals surface area (Å²) >= 11 is 0. The first kappa shape index (κ1) is 19.2. The molecular formula is C23H26N2O5. The van der Waals surface area contributed by atoms with Crippen LogP contribution in [-0.2, 0) is 14.3 Å². The van der Waals surface area contributed by atoms with Crippen molar-refractivity contribution in [3.8, 4) is 5.75 Å². The molecule has 3 fully saturated rings. The number of amides is 2.